The smallest absolute Gasteiger partial charge is 0.350 e. The highest BCUT2D eigenvalue weighted by Gasteiger charge is 2.38. The first-order valence-electron chi connectivity index (χ1n) is 9.81. The highest BCUT2D eigenvalue weighted by atomic mass is 16.7. The van der Waals surface area contributed by atoms with Crippen LogP contribution in [-0.2, 0) is 24.5 Å². The molecular weight excluding hydrogens is 398 g/mol. The minimum atomic E-state index is -1.29. The maximum Gasteiger partial charge on any atom is 0.350 e. The summed E-state index contributed by atoms with van der Waals surface area (Å²) in [6.07, 6.45) is 1.22. The van der Waals surface area contributed by atoms with Crippen molar-refractivity contribution in [3.63, 3.8) is 0 Å². The van der Waals surface area contributed by atoms with Gasteiger partial charge in [0.05, 0.1) is 5.56 Å². The van der Waals surface area contributed by atoms with Gasteiger partial charge in [0.15, 0.2) is 5.57 Å². The minimum Gasteiger partial charge on any atom is -0.423 e. The van der Waals surface area contributed by atoms with Crippen LogP contribution in [0.3, 0.4) is 0 Å². The summed E-state index contributed by atoms with van der Waals surface area (Å²) in [5, 5.41) is 2.83. The van der Waals surface area contributed by atoms with Crippen molar-refractivity contribution in [3.05, 3.63) is 71.4 Å². The van der Waals surface area contributed by atoms with Crippen LogP contribution in [-0.4, -0.2) is 23.7 Å². The molecule has 0 unspecified atom stereocenters. The van der Waals surface area contributed by atoms with Gasteiger partial charge in [0.2, 0.25) is 0 Å². The van der Waals surface area contributed by atoms with Crippen molar-refractivity contribution in [3.8, 4) is 5.75 Å². The van der Waals surface area contributed by atoms with E-state index in [9.17, 15) is 14.4 Å². The van der Waals surface area contributed by atoms with E-state index in [1.54, 1.807) is 36.4 Å². The van der Waals surface area contributed by atoms with Gasteiger partial charge < -0.3 is 19.5 Å². The number of esters is 3. The van der Waals surface area contributed by atoms with Crippen LogP contribution >= 0.6 is 0 Å². The van der Waals surface area contributed by atoms with Crippen molar-refractivity contribution in [1.82, 2.24) is 0 Å². The number of benzene rings is 2. The molecule has 0 amide bonds. The molecule has 2 aromatic carbocycles. The van der Waals surface area contributed by atoms with Gasteiger partial charge in [0.1, 0.15) is 5.75 Å². The maximum absolute atomic E-state index is 12.4. The fraction of sp³-hybridized carbons (Fsp3) is 0.292. The molecule has 2 aromatic rings. The van der Waals surface area contributed by atoms with Gasteiger partial charge in [-0.25, -0.2) is 14.4 Å². The van der Waals surface area contributed by atoms with E-state index in [1.807, 2.05) is 12.1 Å². The van der Waals surface area contributed by atoms with E-state index in [0.717, 1.165) is 5.56 Å². The molecule has 1 N–H and O–H groups in total. The van der Waals surface area contributed by atoms with Crippen molar-refractivity contribution in [2.24, 2.45) is 0 Å². The number of carbonyl (C=O) groups excluding carboxylic acids is 3. The Labute approximate surface area is 181 Å². The normalized spacial score (nSPS) is 15.6. The van der Waals surface area contributed by atoms with E-state index in [4.69, 9.17) is 14.2 Å². The fourth-order valence-corrected chi connectivity index (χ4v) is 2.83. The molecule has 0 bridgehead atoms. The SMILES string of the molecule is CC1(C)OC(=O)C(=CNc2ccc(OC(=O)c3ccc(C(C)(C)C)cc3)cc2)C(=O)O1. The molecule has 0 aliphatic carbocycles. The zero-order valence-electron chi connectivity index (χ0n) is 18.1. The Bertz CT molecular complexity index is 1010. The molecule has 0 radical (unpaired) electrons. The van der Waals surface area contributed by atoms with Gasteiger partial charge in [0.25, 0.3) is 5.79 Å². The highest BCUT2D eigenvalue weighted by molar-refractivity contribution is 6.15. The molecule has 1 saturated heterocycles. The Kier molecular flexibility index (Phi) is 5.88. The molecule has 1 heterocycles. The summed E-state index contributed by atoms with van der Waals surface area (Å²) in [5.74, 6) is -2.92. The Morgan fingerprint density at radius 2 is 1.48 bits per heavy atom. The number of hydrogen-bond acceptors (Lipinski definition) is 7. The average molecular weight is 423 g/mol. The van der Waals surface area contributed by atoms with E-state index < -0.39 is 23.7 Å². The monoisotopic (exact) mass is 423 g/mol. The summed E-state index contributed by atoms with van der Waals surface area (Å²) >= 11 is 0. The average Bonchev–Trinajstić information content (AvgIpc) is 2.67. The van der Waals surface area contributed by atoms with Gasteiger partial charge in [-0.05, 0) is 47.4 Å². The number of nitrogens with one attached hydrogen (secondary N) is 1. The molecule has 0 spiro atoms. The Morgan fingerprint density at radius 3 is 2.00 bits per heavy atom. The largest absolute Gasteiger partial charge is 0.423 e. The number of cyclic esters (lactones) is 2. The lowest BCUT2D eigenvalue weighted by Gasteiger charge is -2.29. The first kappa shape index (κ1) is 22.1. The lowest BCUT2D eigenvalue weighted by atomic mass is 9.87. The second-order valence-corrected chi connectivity index (χ2v) is 8.62. The van der Waals surface area contributed by atoms with Crippen molar-refractivity contribution >= 4 is 23.6 Å². The van der Waals surface area contributed by atoms with Crippen LogP contribution in [0.2, 0.25) is 0 Å². The summed E-state index contributed by atoms with van der Waals surface area (Å²) in [6.45, 7) is 9.27. The zero-order chi connectivity index (χ0) is 22.8. The molecule has 1 aliphatic rings. The number of carbonyl (C=O) groups is 3. The standard InChI is InChI=1S/C24H25NO6/c1-23(2,3)16-8-6-15(7-9-16)20(26)29-18-12-10-17(11-13-18)25-14-19-21(27)30-24(4,5)31-22(19)28/h6-14,25H,1-5H3. The van der Waals surface area contributed by atoms with Gasteiger partial charge >= 0.3 is 17.9 Å². The van der Waals surface area contributed by atoms with Crippen molar-refractivity contribution in [2.45, 2.75) is 45.8 Å². The summed E-state index contributed by atoms with van der Waals surface area (Å²) in [6, 6.07) is 13.8. The summed E-state index contributed by atoms with van der Waals surface area (Å²) < 4.78 is 15.5. The minimum absolute atomic E-state index is 0.00186. The van der Waals surface area contributed by atoms with Gasteiger partial charge in [-0.3, -0.25) is 0 Å². The van der Waals surface area contributed by atoms with Crippen LogP contribution in [0.1, 0.15) is 50.5 Å². The zero-order valence-corrected chi connectivity index (χ0v) is 18.1. The molecule has 7 heteroatoms. The lowest BCUT2D eigenvalue weighted by molar-refractivity contribution is -0.222. The number of hydrogen-bond donors (Lipinski definition) is 1. The molecule has 7 nitrogen and oxygen atoms in total. The van der Waals surface area contributed by atoms with Crippen molar-refractivity contribution in [1.29, 1.82) is 0 Å². The Morgan fingerprint density at radius 1 is 0.935 bits per heavy atom. The molecule has 3 rings (SSSR count). The first-order valence-corrected chi connectivity index (χ1v) is 9.81. The predicted molar refractivity (Wildman–Crippen MR) is 115 cm³/mol. The van der Waals surface area contributed by atoms with E-state index >= 15 is 0 Å². The second-order valence-electron chi connectivity index (χ2n) is 8.62. The summed E-state index contributed by atoms with van der Waals surface area (Å²) in [7, 11) is 0. The molecule has 0 saturated carbocycles. The van der Waals surface area contributed by atoms with Gasteiger partial charge in [-0.1, -0.05) is 32.9 Å². The van der Waals surface area contributed by atoms with Gasteiger partial charge in [0, 0.05) is 25.7 Å². The molecule has 162 valence electrons. The van der Waals surface area contributed by atoms with E-state index in [0.29, 0.717) is 17.0 Å². The molecule has 1 fully saturated rings. The third-order valence-corrected chi connectivity index (χ3v) is 4.55. The number of ether oxygens (including phenoxy) is 3. The number of anilines is 1. The number of rotatable bonds is 4. The van der Waals surface area contributed by atoms with Gasteiger partial charge in [-0.15, -0.1) is 0 Å². The van der Waals surface area contributed by atoms with Crippen LogP contribution in [0.4, 0.5) is 5.69 Å². The van der Waals surface area contributed by atoms with Crippen molar-refractivity contribution < 1.29 is 28.6 Å². The highest BCUT2D eigenvalue weighted by Crippen LogP contribution is 2.24. The van der Waals surface area contributed by atoms with E-state index in [-0.39, 0.29) is 11.0 Å². The summed E-state index contributed by atoms with van der Waals surface area (Å²) in [4.78, 5) is 36.2. The van der Waals surface area contributed by atoms with Crippen LogP contribution in [0, 0.1) is 0 Å². The van der Waals surface area contributed by atoms with E-state index in [2.05, 4.69) is 26.1 Å². The van der Waals surface area contributed by atoms with Gasteiger partial charge in [-0.2, -0.15) is 0 Å². The quantitative estimate of drug-likeness (QED) is 0.339. The lowest BCUT2D eigenvalue weighted by Crippen LogP contribution is -2.42. The first-order chi connectivity index (χ1) is 14.4. The van der Waals surface area contributed by atoms with Crippen molar-refractivity contribution in [2.75, 3.05) is 5.32 Å². The van der Waals surface area contributed by atoms with E-state index in [1.165, 1.54) is 20.0 Å². The molecule has 1 aliphatic heterocycles. The third-order valence-electron chi connectivity index (χ3n) is 4.55. The molecule has 0 aromatic heterocycles. The van der Waals surface area contributed by atoms with Crippen LogP contribution in [0.5, 0.6) is 5.75 Å². The maximum atomic E-state index is 12.4. The van der Waals surface area contributed by atoms with Crippen LogP contribution < -0.4 is 10.1 Å². The second kappa shape index (κ2) is 8.26. The topological polar surface area (TPSA) is 90.9 Å². The predicted octanol–water partition coefficient (Wildman–Crippen LogP) is 4.34. The van der Waals surface area contributed by atoms with Crippen LogP contribution in [0.15, 0.2) is 60.3 Å². The summed E-state index contributed by atoms with van der Waals surface area (Å²) in [5.41, 5.74) is 1.92. The Balaban J connectivity index is 1.62. The third kappa shape index (κ3) is 5.51. The fourth-order valence-electron chi connectivity index (χ4n) is 2.83. The Hall–Kier alpha value is -3.61. The van der Waals surface area contributed by atoms with Crippen LogP contribution in [0.25, 0.3) is 0 Å². The molecule has 31 heavy (non-hydrogen) atoms. The molecular formula is C24H25NO6. The molecule has 0 atom stereocenters.